The molecule has 2 aliphatic carbocycles. The Kier molecular flexibility index (Phi) is 8.34. The minimum atomic E-state index is -4.14. The van der Waals surface area contributed by atoms with E-state index in [9.17, 15) is 0 Å². The van der Waals surface area contributed by atoms with E-state index >= 15 is 0 Å². The fourth-order valence-electron chi connectivity index (χ4n) is 8.79. The van der Waals surface area contributed by atoms with Gasteiger partial charge in [-0.05, 0) is 0 Å². The predicted octanol–water partition coefficient (Wildman–Crippen LogP) is 12.5. The van der Waals surface area contributed by atoms with Crippen LogP contribution >= 0.6 is 0 Å². The number of allylic oxidation sites excluding steroid dienone is 2. The van der Waals surface area contributed by atoms with Crippen molar-refractivity contribution in [1.29, 1.82) is 0 Å². The second-order valence-electron chi connectivity index (χ2n) is 15.3. The van der Waals surface area contributed by atoms with Gasteiger partial charge in [-0.3, -0.25) is 0 Å². The van der Waals surface area contributed by atoms with Crippen LogP contribution in [0.15, 0.2) is 97.1 Å². The number of benzene rings is 4. The molecule has 0 heterocycles. The number of rotatable bonds is 8. The van der Waals surface area contributed by atoms with Crippen molar-refractivity contribution in [3.05, 3.63) is 130 Å². The molecule has 0 saturated carbocycles. The topological polar surface area (TPSA) is 0 Å². The molecule has 0 aliphatic heterocycles. The maximum absolute atomic E-state index is 4.14. The summed E-state index contributed by atoms with van der Waals surface area (Å²) in [7, 11) is 0. The molecule has 2 atom stereocenters. The monoisotopic (exact) mass is 746 g/mol. The Morgan fingerprint density at radius 2 is 0.932 bits per heavy atom. The van der Waals surface area contributed by atoms with E-state index in [4.69, 9.17) is 0 Å². The Hall–Kier alpha value is -2.90. The van der Waals surface area contributed by atoms with Gasteiger partial charge in [0.25, 0.3) is 0 Å². The summed E-state index contributed by atoms with van der Waals surface area (Å²) in [4.78, 5) is 0. The first-order valence-electron chi connectivity index (χ1n) is 16.8. The molecule has 44 heavy (non-hydrogen) atoms. The van der Waals surface area contributed by atoms with Crippen LogP contribution in [0.3, 0.4) is 0 Å². The molecule has 0 spiro atoms. The first-order chi connectivity index (χ1) is 21.0. The van der Waals surface area contributed by atoms with Crippen LogP contribution in [0.25, 0.3) is 34.4 Å². The number of aryl methyl sites for hydroxylation is 2. The van der Waals surface area contributed by atoms with E-state index in [1.807, 2.05) is 3.26 Å². The summed E-state index contributed by atoms with van der Waals surface area (Å²) in [5.41, 5.74) is 14.2. The molecule has 2 aliphatic rings. The van der Waals surface area contributed by atoms with Crippen molar-refractivity contribution in [2.24, 2.45) is 11.8 Å². The van der Waals surface area contributed by atoms with Crippen molar-refractivity contribution in [3.8, 4) is 22.3 Å². The zero-order valence-corrected chi connectivity index (χ0v) is 31.7. The third-order valence-corrected chi connectivity index (χ3v) is 37.9. The van der Waals surface area contributed by atoms with Crippen LogP contribution in [-0.2, 0) is 18.0 Å². The van der Waals surface area contributed by atoms with Crippen molar-refractivity contribution in [1.82, 2.24) is 0 Å². The average Bonchev–Trinajstić information content (AvgIpc) is 3.63. The molecule has 0 nitrogen and oxygen atoms in total. The van der Waals surface area contributed by atoms with E-state index in [0.717, 1.165) is 0 Å². The minimum absolute atomic E-state index is 0.473. The Bertz CT molecular complexity index is 1720. The van der Waals surface area contributed by atoms with Gasteiger partial charge in [0.2, 0.25) is 0 Å². The Balaban J connectivity index is 1.62. The van der Waals surface area contributed by atoms with Crippen LogP contribution in [0.2, 0.25) is 9.36 Å². The van der Waals surface area contributed by atoms with Gasteiger partial charge in [-0.25, -0.2) is 0 Å². The van der Waals surface area contributed by atoms with Crippen molar-refractivity contribution < 1.29 is 18.0 Å². The van der Waals surface area contributed by atoms with Gasteiger partial charge in [-0.1, -0.05) is 0 Å². The van der Waals surface area contributed by atoms with Gasteiger partial charge >= 0.3 is 269 Å². The Morgan fingerprint density at radius 3 is 1.32 bits per heavy atom. The summed E-state index contributed by atoms with van der Waals surface area (Å²) in [6.07, 6.45) is 12.8. The second kappa shape index (κ2) is 11.8. The molecule has 0 N–H and O–H groups in total. The molecule has 0 radical (unpaired) electrons. The average molecular weight is 745 g/mol. The Labute approximate surface area is 267 Å². The first-order valence-corrected chi connectivity index (χ1v) is 29.9. The molecule has 2 unspecified atom stereocenters. The van der Waals surface area contributed by atoms with E-state index in [1.54, 1.807) is 11.1 Å². The van der Waals surface area contributed by atoms with E-state index < -0.39 is 18.0 Å². The number of hydrogen-bond donors (Lipinski definition) is 0. The van der Waals surface area contributed by atoms with Crippen LogP contribution in [0.4, 0.5) is 0 Å². The predicted molar refractivity (Wildman–Crippen MR) is 192 cm³/mol. The zero-order valence-electron chi connectivity index (χ0n) is 28.1. The fraction of sp³-hybridized carbons (Fsp3) is 0.326. The van der Waals surface area contributed by atoms with Gasteiger partial charge < -0.3 is 0 Å². The summed E-state index contributed by atoms with van der Waals surface area (Å²) in [5.74, 6) is 1.29. The van der Waals surface area contributed by atoms with E-state index in [1.165, 1.54) is 57.3 Å². The molecular weight excluding hydrogens is 695 g/mol. The van der Waals surface area contributed by atoms with Crippen LogP contribution in [0.5, 0.6) is 0 Å². The molecule has 0 saturated heterocycles. The summed E-state index contributed by atoms with van der Waals surface area (Å²) in [6, 6.07) is 32.1. The maximum atomic E-state index is 2.84. The SMILES string of the molecule is Cc1ccccc1-c1cccc2c1C=C[CH]2[Hf]([CH3])([CH3])(=[C](CC(C)C)CC(C)C)[CH]1C=Cc2c(-c3ccccc3C)cccc21. The quantitative estimate of drug-likeness (QED) is 0.158. The van der Waals surface area contributed by atoms with E-state index in [2.05, 4.69) is 160 Å². The van der Waals surface area contributed by atoms with Gasteiger partial charge in [0.1, 0.15) is 0 Å². The fourth-order valence-corrected chi connectivity index (χ4v) is 34.5. The molecular formula is C43H50Hf. The zero-order chi connectivity index (χ0) is 31.2. The molecule has 1 heteroatoms. The molecule has 0 aromatic heterocycles. The van der Waals surface area contributed by atoms with Crippen molar-refractivity contribution in [3.63, 3.8) is 0 Å². The van der Waals surface area contributed by atoms with Crippen LogP contribution < -0.4 is 0 Å². The molecule has 0 fully saturated rings. The molecule has 0 bridgehead atoms. The third kappa shape index (κ3) is 5.14. The van der Waals surface area contributed by atoms with Gasteiger partial charge in [0.15, 0.2) is 0 Å². The summed E-state index contributed by atoms with van der Waals surface area (Å²) in [5, 5.41) is 0. The van der Waals surface area contributed by atoms with Gasteiger partial charge in [-0.15, -0.1) is 0 Å². The summed E-state index contributed by atoms with van der Waals surface area (Å²) >= 11 is -4.14. The van der Waals surface area contributed by atoms with Crippen molar-refractivity contribution >= 4 is 15.4 Å². The molecule has 6 rings (SSSR count). The molecule has 4 aromatic carbocycles. The van der Waals surface area contributed by atoms with Gasteiger partial charge in [-0.2, -0.15) is 0 Å². The van der Waals surface area contributed by atoms with Crippen LogP contribution in [0, 0.1) is 25.7 Å². The summed E-state index contributed by atoms with van der Waals surface area (Å²) in [6.45, 7) is 14.2. The second-order valence-corrected chi connectivity index (χ2v) is 41.1. The summed E-state index contributed by atoms with van der Waals surface area (Å²) < 4.78 is 8.54. The van der Waals surface area contributed by atoms with Crippen molar-refractivity contribution in [2.75, 3.05) is 0 Å². The normalized spacial score (nSPS) is 17.4. The van der Waals surface area contributed by atoms with Crippen LogP contribution in [0.1, 0.15) is 81.3 Å². The number of fused-ring (bicyclic) bond motifs is 2. The molecule has 226 valence electrons. The van der Waals surface area contributed by atoms with E-state index in [-0.39, 0.29) is 0 Å². The van der Waals surface area contributed by atoms with Crippen LogP contribution in [-0.4, -0.2) is 3.26 Å². The van der Waals surface area contributed by atoms with E-state index in [0.29, 0.717) is 19.2 Å². The molecule has 0 amide bonds. The Morgan fingerprint density at radius 1 is 0.545 bits per heavy atom. The standard InChI is InChI=1S/2C16H13.C9H18.2CH3.Hf/c2*1-12-6-2-3-9-14(12)16-11-5-8-13-7-4-10-15(13)16;1-8(2)6-5-7-9(3)4;;;/h2*2-11H,1H3;8-9H,6-7H2,1-4H3;2*1H3;. The third-order valence-electron chi connectivity index (χ3n) is 11.1. The molecule has 4 aromatic rings. The van der Waals surface area contributed by atoms with Gasteiger partial charge in [0.05, 0.1) is 0 Å². The van der Waals surface area contributed by atoms with Gasteiger partial charge in [0, 0.05) is 0 Å². The number of hydrogen-bond acceptors (Lipinski definition) is 0. The first kappa shape index (κ1) is 31.1. The van der Waals surface area contributed by atoms with Crippen molar-refractivity contribution in [2.45, 2.75) is 71.1 Å².